The molecule has 1 heteroatoms. The van der Waals surface area contributed by atoms with Crippen molar-refractivity contribution in [2.24, 2.45) is 51.2 Å². The number of fused-ring (bicyclic) bond motifs is 5. The Morgan fingerprint density at radius 1 is 1.12 bits per heavy atom. The highest BCUT2D eigenvalue weighted by Gasteiger charge is 2.64. The second kappa shape index (κ2) is 8.00. The van der Waals surface area contributed by atoms with Crippen molar-refractivity contribution in [3.63, 3.8) is 0 Å². The third kappa shape index (κ3) is 3.42. The third-order valence-electron chi connectivity index (χ3n) is 12.5. The van der Waals surface area contributed by atoms with Crippen molar-refractivity contribution < 1.29 is 5.11 Å². The molecule has 0 bridgehead atoms. The summed E-state index contributed by atoms with van der Waals surface area (Å²) in [6.07, 6.45) is 14.2. The molecule has 9 atom stereocenters. The zero-order valence-electron chi connectivity index (χ0n) is 22.6. The van der Waals surface area contributed by atoms with Gasteiger partial charge in [0.25, 0.3) is 0 Å². The number of allylic oxidation sites excluding steroid dienone is 3. The Morgan fingerprint density at radius 3 is 2.47 bits per heavy atom. The summed E-state index contributed by atoms with van der Waals surface area (Å²) in [5, 5.41) is 10.6. The highest BCUT2D eigenvalue weighted by molar-refractivity contribution is 5.32. The van der Waals surface area contributed by atoms with Crippen molar-refractivity contribution in [1.82, 2.24) is 0 Å². The van der Waals surface area contributed by atoms with Crippen molar-refractivity contribution in [3.8, 4) is 0 Å². The first-order valence-electron chi connectivity index (χ1n) is 13.8. The van der Waals surface area contributed by atoms with Crippen molar-refractivity contribution in [3.05, 3.63) is 23.8 Å². The van der Waals surface area contributed by atoms with Gasteiger partial charge in [-0.05, 0) is 116 Å². The zero-order valence-corrected chi connectivity index (χ0v) is 22.6. The minimum Gasteiger partial charge on any atom is -0.393 e. The van der Waals surface area contributed by atoms with Crippen LogP contribution in [0.2, 0.25) is 0 Å². The van der Waals surface area contributed by atoms with E-state index < -0.39 is 0 Å². The molecule has 0 heterocycles. The molecule has 0 aromatic carbocycles. The van der Waals surface area contributed by atoms with Crippen LogP contribution in [0, 0.1) is 51.2 Å². The van der Waals surface area contributed by atoms with Gasteiger partial charge in [-0.3, -0.25) is 0 Å². The lowest BCUT2D eigenvalue weighted by Crippen LogP contribution is -2.55. The SMILES string of the molecule is C=C(C)C(C)(C)CC[C@@H](C)[C@H]1CC[C@@]2(C)[C@@H]3CC[C@H]4[C@H](C)[C@@H](O)CC[C@]4(C)C3=CC[C@]12C. The molecule has 1 N–H and O–H groups in total. The Bertz CT molecular complexity index is 775. The predicted molar refractivity (Wildman–Crippen MR) is 137 cm³/mol. The first kappa shape index (κ1) is 24.6. The van der Waals surface area contributed by atoms with E-state index in [9.17, 15) is 5.11 Å². The molecular formula is C31H52O. The van der Waals surface area contributed by atoms with Crippen molar-refractivity contribution in [2.45, 2.75) is 119 Å². The molecule has 0 unspecified atom stereocenters. The van der Waals surface area contributed by atoms with E-state index in [1.807, 2.05) is 5.57 Å². The average molecular weight is 441 g/mol. The molecule has 0 saturated heterocycles. The fraction of sp³-hybridized carbons (Fsp3) is 0.871. The van der Waals surface area contributed by atoms with Crippen LogP contribution in [0.5, 0.6) is 0 Å². The van der Waals surface area contributed by atoms with E-state index >= 15 is 0 Å². The Hall–Kier alpha value is -0.560. The number of hydrogen-bond donors (Lipinski definition) is 1. The second-order valence-corrected chi connectivity index (χ2v) is 14.1. The highest BCUT2D eigenvalue weighted by Crippen LogP contribution is 2.72. The second-order valence-electron chi connectivity index (χ2n) is 14.1. The Labute approximate surface area is 199 Å². The van der Waals surface area contributed by atoms with Gasteiger partial charge in [0.1, 0.15) is 0 Å². The molecule has 32 heavy (non-hydrogen) atoms. The van der Waals surface area contributed by atoms with Gasteiger partial charge in [0.05, 0.1) is 6.10 Å². The Kier molecular flexibility index (Phi) is 6.14. The van der Waals surface area contributed by atoms with E-state index in [0.717, 1.165) is 24.2 Å². The van der Waals surface area contributed by atoms with Crippen LogP contribution >= 0.6 is 0 Å². The van der Waals surface area contributed by atoms with Crippen LogP contribution in [0.3, 0.4) is 0 Å². The zero-order chi connectivity index (χ0) is 23.7. The van der Waals surface area contributed by atoms with E-state index in [0.29, 0.717) is 28.1 Å². The monoisotopic (exact) mass is 440 g/mol. The average Bonchev–Trinajstić information content (AvgIpc) is 3.01. The van der Waals surface area contributed by atoms with Crippen molar-refractivity contribution >= 4 is 0 Å². The lowest BCUT2D eigenvalue weighted by atomic mass is 9.43. The molecule has 0 aliphatic heterocycles. The lowest BCUT2D eigenvalue weighted by molar-refractivity contribution is -0.0781. The predicted octanol–water partition coefficient (Wildman–Crippen LogP) is 8.58. The molecule has 3 fully saturated rings. The molecule has 4 aliphatic carbocycles. The maximum Gasteiger partial charge on any atom is 0.0569 e. The fourth-order valence-corrected chi connectivity index (χ4v) is 9.30. The molecule has 1 nitrogen and oxygen atoms in total. The molecule has 0 radical (unpaired) electrons. The summed E-state index contributed by atoms with van der Waals surface area (Å²) in [6.45, 7) is 24.0. The summed E-state index contributed by atoms with van der Waals surface area (Å²) in [5.74, 6) is 3.50. The normalized spacial score (nSPS) is 47.2. The molecule has 0 aromatic heterocycles. The van der Waals surface area contributed by atoms with Gasteiger partial charge in [-0.15, -0.1) is 0 Å². The molecular weight excluding hydrogens is 388 g/mol. The van der Waals surface area contributed by atoms with Crippen LogP contribution in [0.25, 0.3) is 0 Å². The summed E-state index contributed by atoms with van der Waals surface area (Å²) in [6, 6.07) is 0. The van der Waals surface area contributed by atoms with Crippen LogP contribution in [-0.4, -0.2) is 11.2 Å². The smallest absolute Gasteiger partial charge is 0.0569 e. The van der Waals surface area contributed by atoms with E-state index in [1.54, 1.807) is 0 Å². The largest absolute Gasteiger partial charge is 0.393 e. The highest BCUT2D eigenvalue weighted by atomic mass is 16.3. The summed E-state index contributed by atoms with van der Waals surface area (Å²) >= 11 is 0. The molecule has 182 valence electrons. The van der Waals surface area contributed by atoms with E-state index in [2.05, 4.69) is 68.0 Å². The summed E-state index contributed by atoms with van der Waals surface area (Å²) in [4.78, 5) is 0. The maximum atomic E-state index is 10.6. The molecule has 0 aromatic rings. The van der Waals surface area contributed by atoms with Gasteiger partial charge >= 0.3 is 0 Å². The molecule has 0 spiro atoms. The van der Waals surface area contributed by atoms with E-state index in [-0.39, 0.29) is 11.5 Å². The Balaban J connectivity index is 1.59. The number of aliphatic hydroxyl groups is 1. The van der Waals surface area contributed by atoms with E-state index in [1.165, 1.54) is 56.9 Å². The van der Waals surface area contributed by atoms with Crippen LogP contribution in [0.4, 0.5) is 0 Å². The number of hydrogen-bond acceptors (Lipinski definition) is 1. The summed E-state index contributed by atoms with van der Waals surface area (Å²) in [7, 11) is 0. The number of rotatable bonds is 5. The van der Waals surface area contributed by atoms with Crippen LogP contribution < -0.4 is 0 Å². The maximum absolute atomic E-state index is 10.6. The summed E-state index contributed by atoms with van der Waals surface area (Å²) in [5.41, 5.74) is 4.58. The molecule has 4 aliphatic rings. The van der Waals surface area contributed by atoms with Gasteiger partial charge in [0.2, 0.25) is 0 Å². The molecule has 0 amide bonds. The van der Waals surface area contributed by atoms with Crippen molar-refractivity contribution in [1.29, 1.82) is 0 Å². The third-order valence-corrected chi connectivity index (χ3v) is 12.5. The first-order chi connectivity index (χ1) is 14.8. The fourth-order valence-electron chi connectivity index (χ4n) is 9.30. The topological polar surface area (TPSA) is 20.2 Å². The Morgan fingerprint density at radius 2 is 1.81 bits per heavy atom. The van der Waals surface area contributed by atoms with Gasteiger partial charge < -0.3 is 5.11 Å². The van der Waals surface area contributed by atoms with Gasteiger partial charge in [-0.1, -0.05) is 72.3 Å². The first-order valence-corrected chi connectivity index (χ1v) is 13.8. The lowest BCUT2D eigenvalue weighted by Gasteiger charge is -2.62. The van der Waals surface area contributed by atoms with Gasteiger partial charge in [-0.2, -0.15) is 0 Å². The minimum atomic E-state index is -0.0881. The van der Waals surface area contributed by atoms with Crippen LogP contribution in [0.1, 0.15) is 113 Å². The quantitative estimate of drug-likeness (QED) is 0.424. The molecule has 3 saturated carbocycles. The summed E-state index contributed by atoms with van der Waals surface area (Å²) < 4.78 is 0. The molecule has 4 rings (SSSR count). The van der Waals surface area contributed by atoms with Crippen LogP contribution in [0.15, 0.2) is 23.8 Å². The minimum absolute atomic E-state index is 0.0881. The van der Waals surface area contributed by atoms with Crippen LogP contribution in [-0.2, 0) is 0 Å². The van der Waals surface area contributed by atoms with Gasteiger partial charge in [0.15, 0.2) is 0 Å². The van der Waals surface area contributed by atoms with E-state index in [4.69, 9.17) is 0 Å². The van der Waals surface area contributed by atoms with Gasteiger partial charge in [0, 0.05) is 0 Å². The number of aliphatic hydroxyl groups excluding tert-OH is 1. The van der Waals surface area contributed by atoms with Gasteiger partial charge in [-0.25, -0.2) is 0 Å². The standard InChI is InChI=1S/C31H52O/c1-20(2)28(5,6)16-12-21(3)23-13-18-31(9)26-11-10-24-22(4)27(32)15-17-29(24,7)25(26)14-19-30(23,31)8/h14,21-24,26-27,32H,1,10-13,15-19H2,2-9H3/t21-,22+,23-,24+,26-,27+,29+,30-,31+/m1/s1. The van der Waals surface area contributed by atoms with Crippen molar-refractivity contribution in [2.75, 3.05) is 0 Å².